The largest absolute Gasteiger partial charge is 0.404 e. The Morgan fingerprint density at radius 1 is 1.20 bits per heavy atom. The summed E-state index contributed by atoms with van der Waals surface area (Å²) in [7, 11) is 0. The Labute approximate surface area is 204 Å². The van der Waals surface area contributed by atoms with Crippen molar-refractivity contribution in [3.05, 3.63) is 84.1 Å². The second-order valence-corrected chi connectivity index (χ2v) is 8.95. The zero-order valence-corrected chi connectivity index (χ0v) is 20.6. The first-order valence-corrected chi connectivity index (χ1v) is 11.4. The van der Waals surface area contributed by atoms with Crippen LogP contribution in [0.2, 0.25) is 0 Å². The van der Waals surface area contributed by atoms with Crippen LogP contribution in [-0.4, -0.2) is 36.1 Å². The molecule has 0 saturated carbocycles. The quantitative estimate of drug-likeness (QED) is 0.359. The van der Waals surface area contributed by atoms with Crippen LogP contribution in [0.5, 0.6) is 0 Å². The molecule has 180 valence electrons. The Morgan fingerprint density at radius 3 is 2.51 bits per heavy atom. The average molecular weight is 471 g/mol. The van der Waals surface area contributed by atoms with Crippen molar-refractivity contribution >= 4 is 17.6 Å². The molecule has 4 rings (SSSR count). The van der Waals surface area contributed by atoms with Crippen molar-refractivity contribution in [2.75, 3.05) is 0 Å². The van der Waals surface area contributed by atoms with Gasteiger partial charge in [-0.25, -0.2) is 4.99 Å². The fourth-order valence-corrected chi connectivity index (χ4v) is 3.98. The van der Waals surface area contributed by atoms with E-state index in [2.05, 4.69) is 57.7 Å². The van der Waals surface area contributed by atoms with Gasteiger partial charge in [-0.05, 0) is 50.5 Å². The average Bonchev–Trinajstić information content (AvgIpc) is 3.61. The first kappa shape index (κ1) is 23.9. The molecule has 0 spiro atoms. The summed E-state index contributed by atoms with van der Waals surface area (Å²) >= 11 is 0. The number of hydrogen-bond acceptors (Lipinski definition) is 7. The van der Waals surface area contributed by atoms with Crippen LogP contribution in [0.1, 0.15) is 49.2 Å². The van der Waals surface area contributed by atoms with Crippen molar-refractivity contribution in [1.82, 2.24) is 29.9 Å². The van der Waals surface area contributed by atoms with Crippen LogP contribution in [0.25, 0.3) is 22.8 Å². The molecule has 0 aliphatic heterocycles. The molecule has 0 amide bonds. The third-order valence-electron chi connectivity index (χ3n) is 6.51. The normalized spacial score (nSPS) is 14.1. The van der Waals surface area contributed by atoms with E-state index in [4.69, 9.17) is 10.3 Å². The summed E-state index contributed by atoms with van der Waals surface area (Å²) in [5.41, 5.74) is 10.6. The fraction of sp³-hybridized carbons (Fsp3) is 0.269. The number of aromatic nitrogens is 6. The number of rotatable bonds is 8. The van der Waals surface area contributed by atoms with Gasteiger partial charge in [-0.15, -0.1) is 0 Å². The molecule has 3 N–H and O–H groups in total. The summed E-state index contributed by atoms with van der Waals surface area (Å²) in [5.74, 6) is 1.79. The summed E-state index contributed by atoms with van der Waals surface area (Å²) in [6.07, 6.45) is 8.37. The molecule has 35 heavy (non-hydrogen) atoms. The number of nitrogens with zero attached hydrogens (tertiary/aromatic N) is 6. The predicted molar refractivity (Wildman–Crippen MR) is 137 cm³/mol. The van der Waals surface area contributed by atoms with E-state index < -0.39 is 5.41 Å². The van der Waals surface area contributed by atoms with Gasteiger partial charge in [-0.2, -0.15) is 10.1 Å². The number of nitrogens with two attached hydrogens (primary N) is 1. The van der Waals surface area contributed by atoms with E-state index in [1.807, 2.05) is 48.9 Å². The van der Waals surface area contributed by atoms with E-state index in [0.29, 0.717) is 28.8 Å². The number of H-pyrrole nitrogens is 1. The van der Waals surface area contributed by atoms with E-state index in [1.165, 1.54) is 6.20 Å². The highest BCUT2D eigenvalue weighted by atomic mass is 16.5. The van der Waals surface area contributed by atoms with Gasteiger partial charge >= 0.3 is 0 Å². The van der Waals surface area contributed by atoms with Gasteiger partial charge in [0, 0.05) is 41.8 Å². The molecular weight excluding hydrogens is 440 g/mol. The Morgan fingerprint density at radius 2 is 1.94 bits per heavy atom. The Kier molecular flexibility index (Phi) is 6.50. The van der Waals surface area contributed by atoms with Crippen LogP contribution in [-0.2, 0) is 5.41 Å². The smallest absolute Gasteiger partial charge is 0.261 e. The van der Waals surface area contributed by atoms with Gasteiger partial charge in [0.25, 0.3) is 5.89 Å². The highest BCUT2D eigenvalue weighted by Gasteiger charge is 2.38. The van der Waals surface area contributed by atoms with Crippen molar-refractivity contribution in [3.63, 3.8) is 0 Å². The van der Waals surface area contributed by atoms with E-state index in [9.17, 15) is 0 Å². The van der Waals surface area contributed by atoms with Gasteiger partial charge in [0.1, 0.15) is 5.82 Å². The standard InChI is InChI=1S/C26H30N8O/c1-16(2)26(6,25-32-24(35-33-25)21-13-30-31-14-21)22-9-10-23(29-15-22)20(11-27)12-28-19(5)34-17(3)7-8-18(34)4/h7-16H,5,27H2,1-4,6H3,(H,30,31)/b20-11+,28-12-. The Hall–Kier alpha value is -4.27. The molecule has 0 saturated heterocycles. The number of pyridine rings is 1. The number of hydrogen-bond donors (Lipinski definition) is 2. The molecule has 1 atom stereocenters. The molecule has 0 fully saturated rings. The van der Waals surface area contributed by atoms with E-state index in [-0.39, 0.29) is 5.92 Å². The van der Waals surface area contributed by atoms with Gasteiger partial charge in [-0.3, -0.25) is 10.1 Å². The molecule has 1 unspecified atom stereocenters. The maximum Gasteiger partial charge on any atom is 0.261 e. The lowest BCUT2D eigenvalue weighted by Crippen LogP contribution is -2.31. The van der Waals surface area contributed by atoms with E-state index in [1.54, 1.807) is 18.6 Å². The summed E-state index contributed by atoms with van der Waals surface area (Å²) < 4.78 is 7.50. The minimum atomic E-state index is -0.518. The first-order valence-electron chi connectivity index (χ1n) is 11.4. The molecule has 4 aromatic rings. The van der Waals surface area contributed by atoms with Gasteiger partial charge in [0.15, 0.2) is 5.82 Å². The topological polar surface area (TPSA) is 124 Å². The summed E-state index contributed by atoms with van der Waals surface area (Å²) in [6, 6.07) is 8.00. The summed E-state index contributed by atoms with van der Waals surface area (Å²) in [5, 5.41) is 11.0. The second-order valence-electron chi connectivity index (χ2n) is 8.95. The number of aryl methyl sites for hydroxylation is 2. The SMILES string of the molecule is C=C(/N=C\C(=C/N)c1ccc(C(C)(c2noc(-c3cn[nH]c3)n2)C(C)C)cn1)n1c(C)ccc1C. The van der Waals surface area contributed by atoms with Crippen LogP contribution in [0, 0.1) is 19.8 Å². The predicted octanol–water partition coefficient (Wildman–Crippen LogP) is 4.73. The van der Waals surface area contributed by atoms with E-state index in [0.717, 1.165) is 22.5 Å². The molecule has 0 aliphatic carbocycles. The molecule has 0 aromatic carbocycles. The number of aliphatic imine (C=N–C) groups is 1. The minimum absolute atomic E-state index is 0.174. The van der Waals surface area contributed by atoms with Crippen LogP contribution in [0.4, 0.5) is 0 Å². The maximum absolute atomic E-state index is 5.91. The van der Waals surface area contributed by atoms with Crippen molar-refractivity contribution in [2.24, 2.45) is 16.6 Å². The lowest BCUT2D eigenvalue weighted by atomic mass is 9.73. The third kappa shape index (κ3) is 4.44. The van der Waals surface area contributed by atoms with Gasteiger partial charge in [0.05, 0.1) is 22.9 Å². The van der Waals surface area contributed by atoms with Gasteiger partial charge in [-0.1, -0.05) is 31.6 Å². The maximum atomic E-state index is 5.91. The highest BCUT2D eigenvalue weighted by Crippen LogP contribution is 2.38. The zero-order chi connectivity index (χ0) is 25.2. The van der Waals surface area contributed by atoms with Gasteiger partial charge in [0.2, 0.25) is 0 Å². The molecular formula is C26H30N8O. The molecule has 9 nitrogen and oxygen atoms in total. The van der Waals surface area contributed by atoms with Crippen molar-refractivity contribution < 1.29 is 4.52 Å². The molecule has 0 radical (unpaired) electrons. The number of aromatic amines is 1. The van der Waals surface area contributed by atoms with Crippen molar-refractivity contribution in [2.45, 2.75) is 40.0 Å². The number of nitrogens with one attached hydrogen (secondary N) is 1. The van der Waals surface area contributed by atoms with Gasteiger partial charge < -0.3 is 14.8 Å². The molecule has 0 aliphatic rings. The second kappa shape index (κ2) is 9.54. The molecule has 4 heterocycles. The minimum Gasteiger partial charge on any atom is -0.404 e. The summed E-state index contributed by atoms with van der Waals surface area (Å²) in [4.78, 5) is 13.9. The zero-order valence-electron chi connectivity index (χ0n) is 20.6. The summed E-state index contributed by atoms with van der Waals surface area (Å²) in [6.45, 7) is 14.4. The van der Waals surface area contributed by atoms with Crippen LogP contribution in [0.15, 0.2) is 65.2 Å². The molecule has 9 heteroatoms. The van der Waals surface area contributed by atoms with Crippen molar-refractivity contribution in [1.29, 1.82) is 0 Å². The number of allylic oxidation sites excluding steroid dienone is 1. The molecule has 0 bridgehead atoms. The fourth-order valence-electron chi connectivity index (χ4n) is 3.98. The first-order chi connectivity index (χ1) is 16.8. The lowest BCUT2D eigenvalue weighted by molar-refractivity contribution is 0.350. The lowest BCUT2D eigenvalue weighted by Gasteiger charge is -2.30. The van der Waals surface area contributed by atoms with Crippen LogP contribution >= 0.6 is 0 Å². The Bertz CT molecular complexity index is 1350. The molecule has 4 aromatic heterocycles. The third-order valence-corrected chi connectivity index (χ3v) is 6.51. The Balaban J connectivity index is 1.60. The van der Waals surface area contributed by atoms with Crippen molar-refractivity contribution in [3.8, 4) is 11.5 Å². The van der Waals surface area contributed by atoms with Crippen LogP contribution in [0.3, 0.4) is 0 Å². The van der Waals surface area contributed by atoms with E-state index >= 15 is 0 Å². The van der Waals surface area contributed by atoms with Crippen LogP contribution < -0.4 is 5.73 Å². The monoisotopic (exact) mass is 470 g/mol. The highest BCUT2D eigenvalue weighted by molar-refractivity contribution is 6.09.